The van der Waals surface area contributed by atoms with Gasteiger partial charge in [-0.15, -0.1) is 0 Å². The number of halogens is 1. The minimum atomic E-state index is -0.423. The van der Waals surface area contributed by atoms with E-state index in [1.165, 1.54) is 0 Å². The lowest BCUT2D eigenvalue weighted by Crippen LogP contribution is -2.52. The van der Waals surface area contributed by atoms with Crippen LogP contribution in [0.25, 0.3) is 32.8 Å². The predicted molar refractivity (Wildman–Crippen MR) is 152 cm³/mol. The number of phenols is 1. The second-order valence-corrected chi connectivity index (χ2v) is 11.8. The average molecular weight is 528 g/mol. The van der Waals surface area contributed by atoms with E-state index in [4.69, 9.17) is 9.72 Å². The van der Waals surface area contributed by atoms with Crippen molar-refractivity contribution in [3.8, 4) is 22.9 Å². The number of aromatic nitrogens is 2. The van der Waals surface area contributed by atoms with Gasteiger partial charge >= 0.3 is 6.01 Å². The molecule has 202 valence electrons. The first-order valence-corrected chi connectivity index (χ1v) is 13.9. The van der Waals surface area contributed by atoms with Crippen LogP contribution in [0, 0.1) is 11.2 Å². The van der Waals surface area contributed by atoms with Crippen LogP contribution >= 0.6 is 0 Å². The molecule has 0 radical (unpaired) electrons. The zero-order valence-electron chi connectivity index (χ0n) is 22.5. The zero-order valence-corrected chi connectivity index (χ0v) is 22.5. The van der Waals surface area contributed by atoms with Crippen molar-refractivity contribution in [2.45, 2.75) is 37.8 Å². The second-order valence-electron chi connectivity index (χ2n) is 11.8. The van der Waals surface area contributed by atoms with Crippen LogP contribution in [0.2, 0.25) is 0 Å². The average Bonchev–Trinajstić information content (AvgIpc) is 3.63. The van der Waals surface area contributed by atoms with E-state index in [1.807, 2.05) is 30.3 Å². The molecule has 3 fully saturated rings. The number of rotatable bonds is 7. The van der Waals surface area contributed by atoms with Crippen LogP contribution in [0.1, 0.15) is 25.7 Å². The molecule has 3 aromatic carbocycles. The normalized spacial score (nSPS) is 21.7. The Bertz CT molecular complexity index is 1550. The smallest absolute Gasteiger partial charge is 0.319 e. The standard InChI is InChI=1S/C31H34FN5O2/c1-36(2)17-31(11-12-31)18-39-30-34-28-25(29(35-30)37-20-7-8-21(37)16-33-15-20)10-9-24(27(28)32)26-14-22(38)13-19-5-3-4-6-23(19)26/h3-6,9-10,13-14,20-21,33,38H,7-8,11-12,15-18H2,1-2H3/t20-,21+. The first-order valence-electron chi connectivity index (χ1n) is 13.9. The summed E-state index contributed by atoms with van der Waals surface area (Å²) in [6.07, 6.45) is 4.38. The van der Waals surface area contributed by atoms with Gasteiger partial charge < -0.3 is 25.0 Å². The van der Waals surface area contributed by atoms with Crippen LogP contribution in [0.15, 0.2) is 48.5 Å². The summed E-state index contributed by atoms with van der Waals surface area (Å²) < 4.78 is 22.8. The van der Waals surface area contributed by atoms with Crippen LogP contribution in [0.5, 0.6) is 11.8 Å². The maximum Gasteiger partial charge on any atom is 0.319 e. The molecule has 2 N–H and O–H groups in total. The van der Waals surface area contributed by atoms with E-state index in [9.17, 15) is 5.11 Å². The molecule has 3 aliphatic rings. The molecule has 2 atom stereocenters. The molecule has 0 unspecified atom stereocenters. The summed E-state index contributed by atoms with van der Waals surface area (Å²) in [4.78, 5) is 14.2. The SMILES string of the molecule is CN(C)CC1(COc2nc(N3[C@@H]4CC[C@H]3CNC4)c3ccc(-c4cc(O)cc5ccccc45)c(F)c3n2)CC1. The molecule has 39 heavy (non-hydrogen) atoms. The summed E-state index contributed by atoms with van der Waals surface area (Å²) in [5.74, 6) is 0.435. The third-order valence-corrected chi connectivity index (χ3v) is 8.64. The molecule has 2 saturated heterocycles. The Labute approximate surface area is 227 Å². The van der Waals surface area contributed by atoms with E-state index in [0.29, 0.717) is 35.2 Å². The number of hydrogen-bond acceptors (Lipinski definition) is 7. The third-order valence-electron chi connectivity index (χ3n) is 8.64. The highest BCUT2D eigenvalue weighted by Gasteiger charge is 2.44. The van der Waals surface area contributed by atoms with E-state index in [2.05, 4.69) is 34.2 Å². The van der Waals surface area contributed by atoms with Gasteiger partial charge in [0.1, 0.15) is 17.1 Å². The van der Waals surface area contributed by atoms with Crippen molar-refractivity contribution in [2.24, 2.45) is 5.41 Å². The molecule has 1 aliphatic carbocycles. The Morgan fingerprint density at radius 1 is 1.03 bits per heavy atom. The van der Waals surface area contributed by atoms with E-state index in [-0.39, 0.29) is 22.7 Å². The molecule has 1 saturated carbocycles. The molecule has 3 heterocycles. The molecule has 2 aliphatic heterocycles. The Hall–Kier alpha value is -3.49. The summed E-state index contributed by atoms with van der Waals surface area (Å²) in [7, 11) is 4.15. The summed E-state index contributed by atoms with van der Waals surface area (Å²) in [6.45, 7) is 3.24. The minimum Gasteiger partial charge on any atom is -0.508 e. The predicted octanol–water partition coefficient (Wildman–Crippen LogP) is 4.96. The zero-order chi connectivity index (χ0) is 26.7. The quantitative estimate of drug-likeness (QED) is 0.352. The van der Waals surface area contributed by atoms with E-state index in [0.717, 1.165) is 61.9 Å². The van der Waals surface area contributed by atoms with Gasteiger partial charge in [-0.3, -0.25) is 0 Å². The van der Waals surface area contributed by atoms with Gasteiger partial charge in [-0.2, -0.15) is 9.97 Å². The van der Waals surface area contributed by atoms with E-state index >= 15 is 4.39 Å². The number of phenolic OH excluding ortho intramolecular Hbond substituents is 1. The van der Waals surface area contributed by atoms with Crippen LogP contribution in [-0.2, 0) is 0 Å². The Balaban J connectivity index is 1.37. The van der Waals surface area contributed by atoms with E-state index in [1.54, 1.807) is 18.2 Å². The molecule has 7 rings (SSSR count). The maximum absolute atomic E-state index is 16.5. The topological polar surface area (TPSA) is 73.8 Å². The van der Waals surface area contributed by atoms with Gasteiger partial charge in [0.05, 0.1) is 6.61 Å². The monoisotopic (exact) mass is 527 g/mol. The molecule has 1 aromatic heterocycles. The lowest BCUT2D eigenvalue weighted by Gasteiger charge is -2.37. The fourth-order valence-corrected chi connectivity index (χ4v) is 6.65. The van der Waals surface area contributed by atoms with Crippen LogP contribution < -0.4 is 15.0 Å². The van der Waals surface area contributed by atoms with Crippen molar-refractivity contribution in [3.05, 3.63) is 54.3 Å². The number of piperazine rings is 1. The molecule has 4 aromatic rings. The number of fused-ring (bicyclic) bond motifs is 4. The molecular weight excluding hydrogens is 493 g/mol. The molecule has 2 bridgehead atoms. The summed E-state index contributed by atoms with van der Waals surface area (Å²) in [5.41, 5.74) is 1.41. The minimum absolute atomic E-state index is 0.101. The summed E-state index contributed by atoms with van der Waals surface area (Å²) in [5, 5.41) is 16.4. The van der Waals surface area contributed by atoms with Crippen LogP contribution in [-0.4, -0.2) is 72.4 Å². The van der Waals surface area contributed by atoms with E-state index < -0.39 is 5.82 Å². The highest BCUT2D eigenvalue weighted by Crippen LogP contribution is 2.46. The van der Waals surface area contributed by atoms with Gasteiger partial charge in [-0.25, -0.2) is 4.39 Å². The molecule has 8 heteroatoms. The Morgan fingerprint density at radius 2 is 1.79 bits per heavy atom. The Kier molecular flexibility index (Phi) is 5.86. The first kappa shape index (κ1) is 24.5. The van der Waals surface area contributed by atoms with Crippen molar-refractivity contribution in [2.75, 3.05) is 45.2 Å². The van der Waals surface area contributed by atoms with Crippen LogP contribution in [0.4, 0.5) is 10.2 Å². The third kappa shape index (κ3) is 4.36. The lowest BCUT2D eigenvalue weighted by atomic mass is 9.96. The fourth-order valence-electron chi connectivity index (χ4n) is 6.65. The summed E-state index contributed by atoms with van der Waals surface area (Å²) in [6, 6.07) is 15.6. The number of ether oxygens (including phenoxy) is 1. The number of nitrogens with one attached hydrogen (secondary N) is 1. The van der Waals surface area contributed by atoms with Crippen molar-refractivity contribution in [1.82, 2.24) is 20.2 Å². The van der Waals surface area contributed by atoms with Crippen molar-refractivity contribution >= 4 is 27.5 Å². The van der Waals surface area contributed by atoms with Gasteiger partial charge in [-0.1, -0.05) is 30.3 Å². The fraction of sp³-hybridized carbons (Fsp3) is 0.419. The van der Waals surface area contributed by atoms with Gasteiger partial charge in [0.15, 0.2) is 5.82 Å². The number of benzene rings is 3. The van der Waals surface area contributed by atoms with Crippen LogP contribution in [0.3, 0.4) is 0 Å². The molecular formula is C31H34FN5O2. The first-order chi connectivity index (χ1) is 18.9. The Morgan fingerprint density at radius 3 is 2.54 bits per heavy atom. The number of aromatic hydroxyl groups is 1. The van der Waals surface area contributed by atoms with Crippen molar-refractivity contribution in [3.63, 3.8) is 0 Å². The van der Waals surface area contributed by atoms with Crippen molar-refractivity contribution in [1.29, 1.82) is 0 Å². The molecule has 0 amide bonds. The van der Waals surface area contributed by atoms with Gasteiger partial charge in [0.25, 0.3) is 0 Å². The second kappa shape index (κ2) is 9.31. The highest BCUT2D eigenvalue weighted by molar-refractivity contribution is 6.01. The number of hydrogen-bond donors (Lipinski definition) is 2. The largest absolute Gasteiger partial charge is 0.508 e. The summed E-state index contributed by atoms with van der Waals surface area (Å²) >= 11 is 0. The number of anilines is 1. The van der Waals surface area contributed by atoms with Gasteiger partial charge in [0.2, 0.25) is 0 Å². The molecule has 7 nitrogen and oxygen atoms in total. The number of nitrogens with zero attached hydrogens (tertiary/aromatic N) is 4. The van der Waals surface area contributed by atoms with Crippen molar-refractivity contribution < 1.29 is 14.2 Å². The van der Waals surface area contributed by atoms with Gasteiger partial charge in [0, 0.05) is 48.1 Å². The maximum atomic E-state index is 16.5. The van der Waals surface area contributed by atoms with Gasteiger partial charge in [-0.05, 0) is 74.3 Å². The highest BCUT2D eigenvalue weighted by atomic mass is 19.1. The molecule has 0 spiro atoms. The lowest BCUT2D eigenvalue weighted by molar-refractivity contribution is 0.183.